The summed E-state index contributed by atoms with van der Waals surface area (Å²) in [5, 5.41) is 2.72. The zero-order chi connectivity index (χ0) is 18.6. The fourth-order valence-corrected chi connectivity index (χ4v) is 3.47. The first-order valence-corrected chi connectivity index (χ1v) is 9.48. The highest BCUT2D eigenvalue weighted by atomic mass is 32.2. The largest absolute Gasteiger partial charge is 0.322 e. The van der Waals surface area contributed by atoms with E-state index < -0.39 is 10.0 Å². The molecule has 1 amide bonds. The van der Waals surface area contributed by atoms with Gasteiger partial charge in [0.2, 0.25) is 0 Å². The second-order valence-corrected chi connectivity index (χ2v) is 7.50. The molecule has 5 nitrogen and oxygen atoms in total. The summed E-state index contributed by atoms with van der Waals surface area (Å²) in [4.78, 5) is 12.4. The Bertz CT molecular complexity index is 1010. The molecule has 0 aliphatic heterocycles. The first-order valence-electron chi connectivity index (χ1n) is 8.00. The van der Waals surface area contributed by atoms with E-state index in [2.05, 4.69) is 10.0 Å². The lowest BCUT2D eigenvalue weighted by molar-refractivity contribution is 0.102. The van der Waals surface area contributed by atoms with E-state index in [-0.39, 0.29) is 10.8 Å². The fraction of sp³-hybridized carbons (Fsp3) is 0.0500. The number of anilines is 2. The topological polar surface area (TPSA) is 75.3 Å². The lowest BCUT2D eigenvalue weighted by Gasteiger charge is -2.10. The highest BCUT2D eigenvalue weighted by molar-refractivity contribution is 7.92. The van der Waals surface area contributed by atoms with Crippen molar-refractivity contribution in [3.8, 4) is 0 Å². The van der Waals surface area contributed by atoms with Gasteiger partial charge in [0.25, 0.3) is 15.9 Å². The molecule has 0 atom stereocenters. The van der Waals surface area contributed by atoms with E-state index in [1.54, 1.807) is 54.6 Å². The average Bonchev–Trinajstić information content (AvgIpc) is 2.63. The summed E-state index contributed by atoms with van der Waals surface area (Å²) in [5.41, 5.74) is 2.45. The Hall–Kier alpha value is -3.12. The SMILES string of the molecule is Cc1ccc(C(=O)Nc2cccc(S(=O)(=O)Nc3ccccc3)c2)cc1. The van der Waals surface area contributed by atoms with Crippen LogP contribution in [0.1, 0.15) is 15.9 Å². The Balaban J connectivity index is 1.79. The fourth-order valence-electron chi connectivity index (χ4n) is 2.37. The third kappa shape index (κ3) is 4.29. The van der Waals surface area contributed by atoms with E-state index in [0.717, 1.165) is 5.56 Å². The molecule has 26 heavy (non-hydrogen) atoms. The molecular formula is C20H18N2O3S. The number of amides is 1. The molecule has 6 heteroatoms. The van der Waals surface area contributed by atoms with Gasteiger partial charge in [0.15, 0.2) is 0 Å². The van der Waals surface area contributed by atoms with Gasteiger partial charge in [-0.05, 0) is 49.4 Å². The molecule has 0 radical (unpaired) electrons. The summed E-state index contributed by atoms with van der Waals surface area (Å²) in [7, 11) is -3.74. The van der Waals surface area contributed by atoms with Crippen LogP contribution in [0, 0.1) is 6.92 Å². The van der Waals surface area contributed by atoms with Crippen molar-refractivity contribution in [2.45, 2.75) is 11.8 Å². The average molecular weight is 366 g/mol. The second kappa shape index (κ2) is 7.41. The van der Waals surface area contributed by atoms with Crippen LogP contribution in [0.4, 0.5) is 11.4 Å². The van der Waals surface area contributed by atoms with E-state index in [1.807, 2.05) is 19.1 Å². The van der Waals surface area contributed by atoms with Crippen LogP contribution in [0.2, 0.25) is 0 Å². The van der Waals surface area contributed by atoms with Crippen molar-refractivity contribution in [3.63, 3.8) is 0 Å². The van der Waals surface area contributed by atoms with Crippen molar-refractivity contribution in [1.82, 2.24) is 0 Å². The lowest BCUT2D eigenvalue weighted by atomic mass is 10.1. The maximum atomic E-state index is 12.5. The zero-order valence-corrected chi connectivity index (χ0v) is 15.0. The Kier molecular flexibility index (Phi) is 5.04. The summed E-state index contributed by atoms with van der Waals surface area (Å²) in [6, 6.07) is 21.9. The highest BCUT2D eigenvalue weighted by Crippen LogP contribution is 2.19. The molecule has 3 aromatic carbocycles. The Morgan fingerprint density at radius 2 is 1.46 bits per heavy atom. The molecule has 0 aliphatic rings. The van der Waals surface area contributed by atoms with Crippen molar-refractivity contribution >= 4 is 27.3 Å². The monoisotopic (exact) mass is 366 g/mol. The molecule has 0 heterocycles. The van der Waals surface area contributed by atoms with Gasteiger partial charge in [0, 0.05) is 16.9 Å². The maximum absolute atomic E-state index is 12.5. The summed E-state index contributed by atoms with van der Waals surface area (Å²) >= 11 is 0. The Morgan fingerprint density at radius 1 is 0.808 bits per heavy atom. The van der Waals surface area contributed by atoms with Crippen molar-refractivity contribution < 1.29 is 13.2 Å². The Labute approximate surface area is 152 Å². The molecular weight excluding hydrogens is 348 g/mol. The van der Waals surface area contributed by atoms with E-state index in [1.165, 1.54) is 12.1 Å². The number of rotatable bonds is 5. The number of nitrogens with one attached hydrogen (secondary N) is 2. The number of hydrogen-bond acceptors (Lipinski definition) is 3. The molecule has 0 unspecified atom stereocenters. The number of carbonyl (C=O) groups is 1. The van der Waals surface area contributed by atoms with Gasteiger partial charge < -0.3 is 5.32 Å². The summed E-state index contributed by atoms with van der Waals surface area (Å²) < 4.78 is 27.6. The molecule has 3 aromatic rings. The van der Waals surface area contributed by atoms with Crippen LogP contribution in [0.5, 0.6) is 0 Å². The molecule has 0 bridgehead atoms. The standard InChI is InChI=1S/C20H18N2O3S/c1-15-10-12-16(13-11-15)20(23)21-18-8-5-9-19(14-18)26(24,25)22-17-6-3-2-4-7-17/h2-14,22H,1H3,(H,21,23). The van der Waals surface area contributed by atoms with Gasteiger partial charge >= 0.3 is 0 Å². The first-order chi connectivity index (χ1) is 12.4. The van der Waals surface area contributed by atoms with E-state index >= 15 is 0 Å². The molecule has 2 N–H and O–H groups in total. The predicted octanol–water partition coefficient (Wildman–Crippen LogP) is 4.05. The molecule has 0 aliphatic carbocycles. The molecule has 3 rings (SSSR count). The summed E-state index contributed by atoms with van der Waals surface area (Å²) in [5.74, 6) is -0.296. The van der Waals surface area contributed by atoms with Gasteiger partial charge in [-0.1, -0.05) is 42.0 Å². The van der Waals surface area contributed by atoms with Gasteiger partial charge in [-0.25, -0.2) is 8.42 Å². The third-order valence-corrected chi connectivity index (χ3v) is 5.12. The minimum absolute atomic E-state index is 0.0723. The number of hydrogen-bond donors (Lipinski definition) is 2. The molecule has 0 saturated carbocycles. The van der Waals surface area contributed by atoms with E-state index in [4.69, 9.17) is 0 Å². The Morgan fingerprint density at radius 3 is 2.15 bits per heavy atom. The van der Waals surface area contributed by atoms with Gasteiger partial charge in [-0.2, -0.15) is 0 Å². The normalized spacial score (nSPS) is 11.0. The highest BCUT2D eigenvalue weighted by Gasteiger charge is 2.15. The van der Waals surface area contributed by atoms with Crippen LogP contribution in [0.25, 0.3) is 0 Å². The molecule has 0 spiro atoms. The quantitative estimate of drug-likeness (QED) is 0.715. The van der Waals surface area contributed by atoms with Gasteiger partial charge in [-0.3, -0.25) is 9.52 Å². The number of carbonyl (C=O) groups excluding carboxylic acids is 1. The van der Waals surface area contributed by atoms with Gasteiger partial charge in [0.1, 0.15) is 0 Å². The van der Waals surface area contributed by atoms with E-state index in [0.29, 0.717) is 16.9 Å². The number of sulfonamides is 1. The molecule has 132 valence electrons. The number of para-hydroxylation sites is 1. The second-order valence-electron chi connectivity index (χ2n) is 5.82. The van der Waals surface area contributed by atoms with Crippen LogP contribution >= 0.6 is 0 Å². The van der Waals surface area contributed by atoms with Crippen LogP contribution in [0.3, 0.4) is 0 Å². The van der Waals surface area contributed by atoms with Crippen LogP contribution in [-0.4, -0.2) is 14.3 Å². The first kappa shape index (κ1) is 17.7. The molecule has 0 aromatic heterocycles. The number of benzene rings is 3. The summed E-state index contributed by atoms with van der Waals surface area (Å²) in [6.45, 7) is 1.94. The van der Waals surface area contributed by atoms with Crippen LogP contribution in [-0.2, 0) is 10.0 Å². The molecule has 0 fully saturated rings. The van der Waals surface area contributed by atoms with Crippen molar-refractivity contribution in [2.75, 3.05) is 10.0 Å². The predicted molar refractivity (Wildman–Crippen MR) is 103 cm³/mol. The lowest BCUT2D eigenvalue weighted by Crippen LogP contribution is -2.15. The van der Waals surface area contributed by atoms with Crippen LogP contribution < -0.4 is 10.0 Å². The molecule has 0 saturated heterocycles. The minimum atomic E-state index is -3.74. The van der Waals surface area contributed by atoms with Gasteiger partial charge in [-0.15, -0.1) is 0 Å². The number of aryl methyl sites for hydroxylation is 1. The van der Waals surface area contributed by atoms with Crippen molar-refractivity contribution in [3.05, 3.63) is 90.0 Å². The summed E-state index contributed by atoms with van der Waals surface area (Å²) in [6.07, 6.45) is 0. The smallest absolute Gasteiger partial charge is 0.261 e. The van der Waals surface area contributed by atoms with Crippen molar-refractivity contribution in [1.29, 1.82) is 0 Å². The van der Waals surface area contributed by atoms with E-state index in [9.17, 15) is 13.2 Å². The third-order valence-electron chi connectivity index (χ3n) is 3.74. The zero-order valence-electron chi connectivity index (χ0n) is 14.1. The minimum Gasteiger partial charge on any atom is -0.322 e. The van der Waals surface area contributed by atoms with Gasteiger partial charge in [0.05, 0.1) is 4.90 Å². The maximum Gasteiger partial charge on any atom is 0.261 e. The van der Waals surface area contributed by atoms with Crippen LogP contribution in [0.15, 0.2) is 83.8 Å². The van der Waals surface area contributed by atoms with Crippen molar-refractivity contribution in [2.24, 2.45) is 0 Å².